The molecule has 3 nitrogen and oxygen atoms in total. The van der Waals surface area contributed by atoms with Gasteiger partial charge in [0.25, 0.3) is 0 Å². The van der Waals surface area contributed by atoms with Crippen molar-refractivity contribution in [2.75, 3.05) is 0 Å². The highest BCUT2D eigenvalue weighted by Crippen LogP contribution is 2.38. The molecule has 3 heteroatoms. The molecule has 3 rings (SSSR count). The fourth-order valence-electron chi connectivity index (χ4n) is 2.39. The first-order chi connectivity index (χ1) is 8.20. The Balaban J connectivity index is 2.15. The number of benzene rings is 1. The van der Waals surface area contributed by atoms with Gasteiger partial charge in [0.1, 0.15) is 5.82 Å². The molecule has 0 aliphatic heterocycles. The zero-order chi connectivity index (χ0) is 12.0. The van der Waals surface area contributed by atoms with E-state index in [0.717, 1.165) is 22.4 Å². The van der Waals surface area contributed by atoms with Crippen molar-refractivity contribution in [1.82, 2.24) is 9.55 Å². The monoisotopic (exact) mass is 228 g/mol. The number of carbonyl (C=O) groups excluding carboxylic acids is 1. The van der Waals surface area contributed by atoms with E-state index in [2.05, 4.69) is 9.55 Å². The molecule has 0 amide bonds. The van der Waals surface area contributed by atoms with Crippen LogP contribution in [0.25, 0.3) is 11.0 Å². The zero-order valence-corrected chi connectivity index (χ0v) is 10.2. The summed E-state index contributed by atoms with van der Waals surface area (Å²) in [6, 6.07) is 6.52. The summed E-state index contributed by atoms with van der Waals surface area (Å²) in [7, 11) is 0. The van der Waals surface area contributed by atoms with Crippen LogP contribution in [0.2, 0.25) is 0 Å². The molecule has 0 N–H and O–H groups in total. The molecule has 1 aromatic heterocycles. The topological polar surface area (TPSA) is 34.9 Å². The van der Waals surface area contributed by atoms with Crippen molar-refractivity contribution in [1.29, 1.82) is 0 Å². The highest BCUT2D eigenvalue weighted by Gasteiger charge is 2.26. The van der Waals surface area contributed by atoms with Gasteiger partial charge < -0.3 is 4.57 Å². The van der Waals surface area contributed by atoms with Crippen LogP contribution in [0.15, 0.2) is 18.2 Å². The lowest BCUT2D eigenvalue weighted by Crippen LogP contribution is -1.97. The van der Waals surface area contributed by atoms with Crippen molar-refractivity contribution in [3.05, 3.63) is 29.6 Å². The van der Waals surface area contributed by atoms with Crippen LogP contribution in [0.5, 0.6) is 0 Å². The predicted molar refractivity (Wildman–Crippen MR) is 67.4 cm³/mol. The van der Waals surface area contributed by atoms with Gasteiger partial charge in [0.05, 0.1) is 11.0 Å². The molecule has 0 unspecified atom stereocenters. The van der Waals surface area contributed by atoms with Gasteiger partial charge in [-0.1, -0.05) is 6.92 Å². The fourth-order valence-corrected chi connectivity index (χ4v) is 2.39. The van der Waals surface area contributed by atoms with E-state index >= 15 is 0 Å². The number of imidazole rings is 1. The van der Waals surface area contributed by atoms with Gasteiger partial charge in [0.2, 0.25) is 0 Å². The Morgan fingerprint density at radius 2 is 2.24 bits per heavy atom. The number of Topliss-reactive ketones (excluding diaryl/α,β-unsaturated/α-hetero) is 1. The molecule has 0 bridgehead atoms. The second kappa shape index (κ2) is 3.69. The Labute approximate surface area is 100 Å². The lowest BCUT2D eigenvalue weighted by atomic mass is 10.1. The molecule has 1 aliphatic rings. The summed E-state index contributed by atoms with van der Waals surface area (Å²) in [6.45, 7) is 3.93. The third-order valence-electron chi connectivity index (χ3n) is 3.42. The Morgan fingerprint density at radius 1 is 1.47 bits per heavy atom. The molecular weight excluding hydrogens is 212 g/mol. The standard InChI is InChI=1S/C14H16N2O/c1-3-14(17)10-4-7-13-12(8-10)15-9(2)16(13)11-5-6-11/h4,7-8,11H,3,5-6H2,1-2H3. The van der Waals surface area contributed by atoms with Gasteiger partial charge in [-0.15, -0.1) is 0 Å². The number of nitrogens with zero attached hydrogens (tertiary/aromatic N) is 2. The van der Waals surface area contributed by atoms with E-state index in [1.807, 2.05) is 32.0 Å². The zero-order valence-electron chi connectivity index (χ0n) is 10.2. The molecule has 88 valence electrons. The maximum absolute atomic E-state index is 11.7. The Hall–Kier alpha value is -1.64. The third kappa shape index (κ3) is 1.66. The van der Waals surface area contributed by atoms with Crippen LogP contribution in [-0.2, 0) is 0 Å². The molecule has 1 heterocycles. The third-order valence-corrected chi connectivity index (χ3v) is 3.42. The summed E-state index contributed by atoms with van der Waals surface area (Å²) in [5.41, 5.74) is 2.90. The average Bonchev–Trinajstić information content (AvgIpc) is 3.10. The lowest BCUT2D eigenvalue weighted by molar-refractivity contribution is 0.0988. The summed E-state index contributed by atoms with van der Waals surface area (Å²) >= 11 is 0. The van der Waals surface area contributed by atoms with Crippen LogP contribution in [0, 0.1) is 6.92 Å². The first kappa shape index (κ1) is 10.5. The van der Waals surface area contributed by atoms with Crippen LogP contribution in [0.1, 0.15) is 48.4 Å². The Bertz CT molecular complexity index is 594. The largest absolute Gasteiger partial charge is 0.325 e. The summed E-state index contributed by atoms with van der Waals surface area (Å²) in [4.78, 5) is 16.2. The number of ketones is 1. The smallest absolute Gasteiger partial charge is 0.162 e. The van der Waals surface area contributed by atoms with E-state index in [0.29, 0.717) is 12.5 Å². The van der Waals surface area contributed by atoms with Crippen LogP contribution in [0.4, 0.5) is 0 Å². The van der Waals surface area contributed by atoms with Gasteiger partial charge in [0, 0.05) is 18.0 Å². The normalized spacial score (nSPS) is 15.4. The summed E-state index contributed by atoms with van der Waals surface area (Å²) < 4.78 is 2.30. The highest BCUT2D eigenvalue weighted by atomic mass is 16.1. The van der Waals surface area contributed by atoms with Gasteiger partial charge in [-0.2, -0.15) is 0 Å². The average molecular weight is 228 g/mol. The van der Waals surface area contributed by atoms with Gasteiger partial charge >= 0.3 is 0 Å². The van der Waals surface area contributed by atoms with Crippen molar-refractivity contribution in [2.24, 2.45) is 0 Å². The van der Waals surface area contributed by atoms with Crippen molar-refractivity contribution in [2.45, 2.75) is 39.2 Å². The minimum absolute atomic E-state index is 0.186. The Morgan fingerprint density at radius 3 is 2.88 bits per heavy atom. The predicted octanol–water partition coefficient (Wildman–Crippen LogP) is 3.27. The number of carbonyl (C=O) groups is 1. The van der Waals surface area contributed by atoms with Gasteiger partial charge in [0.15, 0.2) is 5.78 Å². The molecule has 17 heavy (non-hydrogen) atoms. The maximum Gasteiger partial charge on any atom is 0.162 e. The van der Waals surface area contributed by atoms with E-state index < -0.39 is 0 Å². The second-order valence-electron chi connectivity index (χ2n) is 4.74. The molecule has 0 atom stereocenters. The number of fused-ring (bicyclic) bond motifs is 1. The number of hydrogen-bond acceptors (Lipinski definition) is 2. The molecule has 0 radical (unpaired) electrons. The van der Waals surface area contributed by atoms with Crippen LogP contribution in [0.3, 0.4) is 0 Å². The molecule has 1 aliphatic carbocycles. The molecule has 0 spiro atoms. The van der Waals surface area contributed by atoms with Gasteiger partial charge in [-0.3, -0.25) is 4.79 Å². The van der Waals surface area contributed by atoms with Crippen molar-refractivity contribution in [3.63, 3.8) is 0 Å². The van der Waals surface area contributed by atoms with Crippen molar-refractivity contribution < 1.29 is 4.79 Å². The SMILES string of the molecule is CCC(=O)c1ccc2c(c1)nc(C)n2C1CC1. The fraction of sp³-hybridized carbons (Fsp3) is 0.429. The van der Waals surface area contributed by atoms with Crippen LogP contribution >= 0.6 is 0 Å². The van der Waals surface area contributed by atoms with Crippen LogP contribution in [-0.4, -0.2) is 15.3 Å². The van der Waals surface area contributed by atoms with E-state index in [9.17, 15) is 4.79 Å². The summed E-state index contributed by atoms with van der Waals surface area (Å²) in [5, 5.41) is 0. The molecule has 1 saturated carbocycles. The maximum atomic E-state index is 11.7. The van der Waals surface area contributed by atoms with E-state index in [4.69, 9.17) is 0 Å². The minimum Gasteiger partial charge on any atom is -0.325 e. The van der Waals surface area contributed by atoms with Crippen molar-refractivity contribution >= 4 is 16.8 Å². The minimum atomic E-state index is 0.186. The first-order valence-corrected chi connectivity index (χ1v) is 6.22. The Kier molecular flexibility index (Phi) is 2.28. The number of aryl methyl sites for hydroxylation is 1. The van der Waals surface area contributed by atoms with E-state index in [1.54, 1.807) is 0 Å². The second-order valence-corrected chi connectivity index (χ2v) is 4.74. The summed E-state index contributed by atoms with van der Waals surface area (Å²) in [6.07, 6.45) is 3.05. The number of hydrogen-bond donors (Lipinski definition) is 0. The molecular formula is C14H16N2O. The van der Waals surface area contributed by atoms with Gasteiger partial charge in [-0.25, -0.2) is 4.98 Å². The first-order valence-electron chi connectivity index (χ1n) is 6.22. The molecule has 1 fully saturated rings. The quantitative estimate of drug-likeness (QED) is 0.756. The van der Waals surface area contributed by atoms with Crippen LogP contribution < -0.4 is 0 Å². The number of rotatable bonds is 3. The molecule has 1 aromatic carbocycles. The van der Waals surface area contributed by atoms with E-state index in [-0.39, 0.29) is 5.78 Å². The molecule has 0 saturated heterocycles. The molecule has 2 aromatic rings. The van der Waals surface area contributed by atoms with Crippen molar-refractivity contribution in [3.8, 4) is 0 Å². The van der Waals surface area contributed by atoms with E-state index in [1.165, 1.54) is 12.8 Å². The lowest BCUT2D eigenvalue weighted by Gasteiger charge is -2.04. The van der Waals surface area contributed by atoms with Gasteiger partial charge in [-0.05, 0) is 38.0 Å². The highest BCUT2D eigenvalue weighted by molar-refractivity contribution is 5.98. The number of aromatic nitrogens is 2. The summed E-state index contributed by atoms with van der Waals surface area (Å²) in [5.74, 6) is 1.24.